The van der Waals surface area contributed by atoms with E-state index in [1.807, 2.05) is 6.20 Å². The minimum atomic E-state index is 0.499. The molecule has 108 valence electrons. The number of hydrogen-bond acceptors (Lipinski definition) is 2. The highest BCUT2D eigenvalue weighted by Crippen LogP contribution is 2.38. The maximum Gasteiger partial charge on any atom is 0.0556 e. The predicted molar refractivity (Wildman–Crippen MR) is 80.1 cm³/mol. The molecule has 1 aromatic rings. The van der Waals surface area contributed by atoms with E-state index in [0.717, 1.165) is 31.3 Å². The fourth-order valence-electron chi connectivity index (χ4n) is 3.37. The topological polar surface area (TPSA) is 29.9 Å². The second-order valence-corrected chi connectivity index (χ2v) is 6.09. The van der Waals surface area contributed by atoms with E-state index in [2.05, 4.69) is 41.9 Å². The van der Waals surface area contributed by atoms with Gasteiger partial charge in [0.1, 0.15) is 0 Å². The Morgan fingerprint density at radius 3 is 2.84 bits per heavy atom. The van der Waals surface area contributed by atoms with Crippen molar-refractivity contribution in [1.82, 2.24) is 15.1 Å². The van der Waals surface area contributed by atoms with Crippen LogP contribution in [-0.4, -0.2) is 16.3 Å². The highest BCUT2D eigenvalue weighted by molar-refractivity contribution is 5.09. The van der Waals surface area contributed by atoms with Gasteiger partial charge in [-0.1, -0.05) is 27.2 Å². The Labute approximate surface area is 117 Å². The van der Waals surface area contributed by atoms with Crippen molar-refractivity contribution in [2.75, 3.05) is 6.54 Å². The van der Waals surface area contributed by atoms with Gasteiger partial charge in [-0.25, -0.2) is 0 Å². The molecule has 1 aliphatic carbocycles. The molecular weight excluding hydrogens is 234 g/mol. The van der Waals surface area contributed by atoms with E-state index in [-0.39, 0.29) is 0 Å². The molecule has 1 aliphatic rings. The normalized spacial score (nSPS) is 24.8. The lowest BCUT2D eigenvalue weighted by molar-refractivity contribution is 0.337. The number of hydrogen-bond donors (Lipinski definition) is 1. The summed E-state index contributed by atoms with van der Waals surface area (Å²) in [5.41, 5.74) is 1.40. The van der Waals surface area contributed by atoms with Crippen molar-refractivity contribution in [3.8, 4) is 0 Å². The molecule has 3 atom stereocenters. The van der Waals surface area contributed by atoms with Crippen molar-refractivity contribution in [3.05, 3.63) is 18.0 Å². The van der Waals surface area contributed by atoms with Gasteiger partial charge in [0, 0.05) is 12.7 Å². The molecular formula is C16H29N3. The zero-order chi connectivity index (χ0) is 13.7. The lowest BCUT2D eigenvalue weighted by Gasteiger charge is -2.26. The van der Waals surface area contributed by atoms with Crippen LogP contribution in [0.25, 0.3) is 0 Å². The Morgan fingerprint density at radius 1 is 1.37 bits per heavy atom. The summed E-state index contributed by atoms with van der Waals surface area (Å²) in [6.45, 7) is 8.99. The van der Waals surface area contributed by atoms with Gasteiger partial charge in [0.15, 0.2) is 0 Å². The SMILES string of the molecule is CCCNC(c1ccnn1CCC)C1CCC(C)C1. The minimum Gasteiger partial charge on any atom is -0.308 e. The first kappa shape index (κ1) is 14.6. The zero-order valence-corrected chi connectivity index (χ0v) is 12.7. The van der Waals surface area contributed by atoms with Gasteiger partial charge in [0.25, 0.3) is 0 Å². The molecule has 3 unspecified atom stereocenters. The zero-order valence-electron chi connectivity index (χ0n) is 12.7. The molecule has 0 bridgehead atoms. The molecule has 0 spiro atoms. The first-order chi connectivity index (χ1) is 9.26. The molecule has 0 amide bonds. The van der Waals surface area contributed by atoms with Crippen LogP contribution in [0.2, 0.25) is 0 Å². The molecule has 0 aliphatic heterocycles. The fraction of sp³-hybridized carbons (Fsp3) is 0.812. The molecule has 1 N–H and O–H groups in total. The van der Waals surface area contributed by atoms with Gasteiger partial charge in [0.2, 0.25) is 0 Å². The summed E-state index contributed by atoms with van der Waals surface area (Å²) >= 11 is 0. The molecule has 19 heavy (non-hydrogen) atoms. The van der Waals surface area contributed by atoms with E-state index < -0.39 is 0 Å². The summed E-state index contributed by atoms with van der Waals surface area (Å²) in [7, 11) is 0. The summed E-state index contributed by atoms with van der Waals surface area (Å²) < 4.78 is 2.20. The van der Waals surface area contributed by atoms with Crippen LogP contribution >= 0.6 is 0 Å². The lowest BCUT2D eigenvalue weighted by Crippen LogP contribution is -2.30. The van der Waals surface area contributed by atoms with E-state index in [1.165, 1.54) is 31.4 Å². The standard InChI is InChI=1S/C16H29N3/c1-4-9-17-16(14-7-6-13(3)12-14)15-8-10-18-19(15)11-5-2/h8,10,13-14,16-17H,4-7,9,11-12H2,1-3H3. The van der Waals surface area contributed by atoms with Gasteiger partial charge >= 0.3 is 0 Å². The van der Waals surface area contributed by atoms with E-state index in [9.17, 15) is 0 Å². The molecule has 2 rings (SSSR count). The van der Waals surface area contributed by atoms with Crippen LogP contribution in [0, 0.1) is 11.8 Å². The van der Waals surface area contributed by atoms with Gasteiger partial charge in [-0.2, -0.15) is 5.10 Å². The van der Waals surface area contributed by atoms with Crippen molar-refractivity contribution in [2.24, 2.45) is 11.8 Å². The number of rotatable bonds is 7. The minimum absolute atomic E-state index is 0.499. The van der Waals surface area contributed by atoms with E-state index in [4.69, 9.17) is 0 Å². The van der Waals surface area contributed by atoms with Crippen molar-refractivity contribution in [3.63, 3.8) is 0 Å². The van der Waals surface area contributed by atoms with Gasteiger partial charge < -0.3 is 5.32 Å². The highest BCUT2D eigenvalue weighted by Gasteiger charge is 2.31. The maximum absolute atomic E-state index is 4.50. The summed E-state index contributed by atoms with van der Waals surface area (Å²) in [5.74, 6) is 1.67. The molecule has 1 heterocycles. The van der Waals surface area contributed by atoms with Crippen molar-refractivity contribution in [1.29, 1.82) is 0 Å². The Morgan fingerprint density at radius 2 is 2.21 bits per heavy atom. The summed E-state index contributed by atoms with van der Waals surface area (Å²) in [5, 5.41) is 8.27. The van der Waals surface area contributed by atoms with Crippen molar-refractivity contribution < 1.29 is 0 Å². The summed E-state index contributed by atoms with van der Waals surface area (Å²) in [4.78, 5) is 0. The Bertz CT molecular complexity index is 372. The van der Waals surface area contributed by atoms with Crippen LogP contribution in [0.1, 0.15) is 64.6 Å². The predicted octanol–water partition coefficient (Wildman–Crippen LogP) is 3.77. The number of nitrogens with zero attached hydrogens (tertiary/aromatic N) is 2. The Balaban J connectivity index is 2.13. The largest absolute Gasteiger partial charge is 0.308 e. The number of aryl methyl sites for hydroxylation is 1. The van der Waals surface area contributed by atoms with E-state index >= 15 is 0 Å². The molecule has 3 heteroatoms. The van der Waals surface area contributed by atoms with Gasteiger partial charge in [-0.05, 0) is 50.1 Å². The van der Waals surface area contributed by atoms with Crippen LogP contribution in [0.5, 0.6) is 0 Å². The van der Waals surface area contributed by atoms with Crippen molar-refractivity contribution >= 4 is 0 Å². The average Bonchev–Trinajstić information content (AvgIpc) is 3.01. The van der Waals surface area contributed by atoms with E-state index in [0.29, 0.717) is 6.04 Å². The van der Waals surface area contributed by atoms with Crippen molar-refractivity contribution in [2.45, 2.75) is 65.5 Å². The smallest absolute Gasteiger partial charge is 0.0556 e. The lowest BCUT2D eigenvalue weighted by atomic mass is 9.94. The molecule has 1 aromatic heterocycles. The van der Waals surface area contributed by atoms with Crippen LogP contribution < -0.4 is 5.32 Å². The Kier molecular flexibility index (Phi) is 5.44. The number of aromatic nitrogens is 2. The average molecular weight is 263 g/mol. The van der Waals surface area contributed by atoms with Crippen LogP contribution in [-0.2, 0) is 6.54 Å². The van der Waals surface area contributed by atoms with Gasteiger partial charge in [-0.3, -0.25) is 4.68 Å². The quantitative estimate of drug-likeness (QED) is 0.811. The number of nitrogens with one attached hydrogen (secondary N) is 1. The Hall–Kier alpha value is -0.830. The summed E-state index contributed by atoms with van der Waals surface area (Å²) in [6.07, 6.45) is 8.41. The van der Waals surface area contributed by atoms with Crippen LogP contribution in [0.3, 0.4) is 0 Å². The first-order valence-electron chi connectivity index (χ1n) is 8.01. The van der Waals surface area contributed by atoms with Crippen LogP contribution in [0.15, 0.2) is 12.3 Å². The van der Waals surface area contributed by atoms with Gasteiger partial charge in [0.05, 0.1) is 11.7 Å². The second-order valence-electron chi connectivity index (χ2n) is 6.09. The third-order valence-corrected chi connectivity index (χ3v) is 4.32. The van der Waals surface area contributed by atoms with E-state index in [1.54, 1.807) is 0 Å². The molecule has 0 aromatic carbocycles. The monoisotopic (exact) mass is 263 g/mol. The van der Waals surface area contributed by atoms with Gasteiger partial charge in [-0.15, -0.1) is 0 Å². The molecule has 0 saturated heterocycles. The summed E-state index contributed by atoms with van der Waals surface area (Å²) in [6, 6.07) is 2.71. The molecule has 1 fully saturated rings. The molecule has 1 saturated carbocycles. The molecule has 0 radical (unpaired) electrons. The maximum atomic E-state index is 4.50. The third kappa shape index (κ3) is 3.59. The first-order valence-corrected chi connectivity index (χ1v) is 8.01. The highest BCUT2D eigenvalue weighted by atomic mass is 15.3. The van der Waals surface area contributed by atoms with Crippen LogP contribution in [0.4, 0.5) is 0 Å². The third-order valence-electron chi connectivity index (χ3n) is 4.32. The fourth-order valence-corrected chi connectivity index (χ4v) is 3.37. The molecule has 3 nitrogen and oxygen atoms in total. The second kappa shape index (κ2) is 7.09.